The second-order valence-electron chi connectivity index (χ2n) is 5.65. The highest BCUT2D eigenvalue weighted by molar-refractivity contribution is 5.88. The number of rotatable bonds is 10. The molecular formula is C19H34O4. The van der Waals surface area contributed by atoms with E-state index in [1.165, 1.54) is 0 Å². The van der Waals surface area contributed by atoms with E-state index in [1.54, 1.807) is 0 Å². The van der Waals surface area contributed by atoms with Gasteiger partial charge in [-0.05, 0) is 33.1 Å². The molecule has 0 radical (unpaired) electrons. The Balaban J connectivity index is 0. The number of esters is 2. The average molecular weight is 326 g/mol. The molecule has 0 saturated carbocycles. The van der Waals surface area contributed by atoms with E-state index in [0.29, 0.717) is 17.8 Å². The number of hydrogen-bond donors (Lipinski definition) is 0. The van der Waals surface area contributed by atoms with Crippen molar-refractivity contribution < 1.29 is 19.1 Å². The van der Waals surface area contributed by atoms with Crippen LogP contribution in [0.25, 0.3) is 0 Å². The molecule has 0 aliphatic carbocycles. The van der Waals surface area contributed by atoms with Crippen molar-refractivity contribution in [1.29, 1.82) is 0 Å². The van der Waals surface area contributed by atoms with Crippen molar-refractivity contribution in [2.45, 2.75) is 79.2 Å². The molecule has 0 aromatic rings. The number of carbonyl (C=O) groups excluding carboxylic acids is 2. The predicted molar refractivity (Wildman–Crippen MR) is 95.2 cm³/mol. The molecule has 0 heterocycles. The summed E-state index contributed by atoms with van der Waals surface area (Å²) in [6, 6.07) is 0. The fourth-order valence-electron chi connectivity index (χ4n) is 1.52. The molecule has 0 spiro atoms. The Morgan fingerprint density at radius 2 is 1.35 bits per heavy atom. The lowest BCUT2D eigenvalue weighted by atomic mass is 10.2. The summed E-state index contributed by atoms with van der Waals surface area (Å²) in [5.74, 6) is -0.493. The van der Waals surface area contributed by atoms with Gasteiger partial charge in [-0.1, -0.05) is 53.2 Å². The van der Waals surface area contributed by atoms with Crippen LogP contribution >= 0.6 is 0 Å². The summed E-state index contributed by atoms with van der Waals surface area (Å²) in [6.07, 6.45) is 5.29. The third-order valence-electron chi connectivity index (χ3n) is 2.75. The van der Waals surface area contributed by atoms with Crippen molar-refractivity contribution in [3.63, 3.8) is 0 Å². The van der Waals surface area contributed by atoms with Gasteiger partial charge in [0.05, 0.1) is 12.7 Å². The fraction of sp³-hybridized carbons (Fsp3) is 0.684. The second kappa shape index (κ2) is 15.3. The van der Waals surface area contributed by atoms with Crippen molar-refractivity contribution in [2.75, 3.05) is 6.61 Å². The third-order valence-corrected chi connectivity index (χ3v) is 2.75. The number of unbranched alkanes of at least 4 members (excludes halogenated alkanes) is 1. The predicted octanol–water partition coefficient (Wildman–Crippen LogP) is 4.98. The molecule has 0 saturated heterocycles. The van der Waals surface area contributed by atoms with Crippen LogP contribution in [0.15, 0.2) is 24.3 Å². The second-order valence-corrected chi connectivity index (χ2v) is 5.65. The lowest BCUT2D eigenvalue weighted by Crippen LogP contribution is -2.12. The molecular weight excluding hydrogens is 292 g/mol. The maximum absolute atomic E-state index is 11.1. The summed E-state index contributed by atoms with van der Waals surface area (Å²) in [5, 5.41) is 0. The zero-order valence-electron chi connectivity index (χ0n) is 15.6. The van der Waals surface area contributed by atoms with Gasteiger partial charge >= 0.3 is 11.9 Å². The van der Waals surface area contributed by atoms with Gasteiger partial charge in [0.2, 0.25) is 0 Å². The average Bonchev–Trinajstić information content (AvgIpc) is 2.47. The lowest BCUT2D eigenvalue weighted by Gasteiger charge is -2.08. The van der Waals surface area contributed by atoms with Crippen LogP contribution in [0.1, 0.15) is 73.1 Å². The van der Waals surface area contributed by atoms with E-state index in [0.717, 1.165) is 38.5 Å². The van der Waals surface area contributed by atoms with Crippen LogP contribution in [0.2, 0.25) is 0 Å². The standard InChI is InChI=1S/C10H18O2.C9H16O2/c1-4-6-8-12-10(11)9(3)7-5-2;1-5-6-8(4)9(10)11-7(2)3/h3-8H2,1-2H3;7H,4-6H2,1-3H3. The summed E-state index contributed by atoms with van der Waals surface area (Å²) >= 11 is 0. The van der Waals surface area contributed by atoms with Crippen LogP contribution in [0.5, 0.6) is 0 Å². The van der Waals surface area contributed by atoms with Crippen molar-refractivity contribution in [2.24, 2.45) is 0 Å². The number of hydrogen-bond acceptors (Lipinski definition) is 4. The van der Waals surface area contributed by atoms with Crippen LogP contribution in [-0.4, -0.2) is 24.6 Å². The van der Waals surface area contributed by atoms with Gasteiger partial charge in [0, 0.05) is 11.1 Å². The Hall–Kier alpha value is -1.58. The quantitative estimate of drug-likeness (QED) is 0.323. The van der Waals surface area contributed by atoms with Crippen molar-refractivity contribution in [1.82, 2.24) is 0 Å². The van der Waals surface area contributed by atoms with Crippen LogP contribution in [0.4, 0.5) is 0 Å². The van der Waals surface area contributed by atoms with Crippen molar-refractivity contribution in [3.8, 4) is 0 Å². The van der Waals surface area contributed by atoms with E-state index in [-0.39, 0.29) is 18.0 Å². The van der Waals surface area contributed by atoms with Gasteiger partial charge in [-0.3, -0.25) is 0 Å². The van der Waals surface area contributed by atoms with Gasteiger partial charge in [0.25, 0.3) is 0 Å². The SMILES string of the molecule is C=C(CCC)C(=O)OC(C)C.C=C(CCC)C(=O)OCCCC. The molecule has 134 valence electrons. The third kappa shape index (κ3) is 15.1. The summed E-state index contributed by atoms with van der Waals surface area (Å²) in [4.78, 5) is 22.1. The molecule has 0 bridgehead atoms. The van der Waals surface area contributed by atoms with E-state index in [1.807, 2.05) is 27.7 Å². The summed E-state index contributed by atoms with van der Waals surface area (Å²) in [5.41, 5.74) is 1.16. The molecule has 0 rings (SSSR count). The van der Waals surface area contributed by atoms with Gasteiger partial charge < -0.3 is 9.47 Å². The summed E-state index contributed by atoms with van der Waals surface area (Å²) in [6.45, 7) is 17.5. The minimum absolute atomic E-state index is 0.0453. The van der Waals surface area contributed by atoms with Gasteiger partial charge in [0.1, 0.15) is 0 Å². The Morgan fingerprint density at radius 1 is 0.870 bits per heavy atom. The molecule has 23 heavy (non-hydrogen) atoms. The Labute approximate surface area is 141 Å². The maximum Gasteiger partial charge on any atom is 0.333 e. The molecule has 0 aliphatic rings. The van der Waals surface area contributed by atoms with E-state index in [9.17, 15) is 9.59 Å². The smallest absolute Gasteiger partial charge is 0.333 e. The molecule has 4 nitrogen and oxygen atoms in total. The van der Waals surface area contributed by atoms with Gasteiger partial charge in [-0.15, -0.1) is 0 Å². The number of carbonyl (C=O) groups is 2. The normalized spacial score (nSPS) is 9.65. The first kappa shape index (κ1) is 23.7. The van der Waals surface area contributed by atoms with E-state index in [4.69, 9.17) is 9.47 Å². The highest BCUT2D eigenvalue weighted by Crippen LogP contribution is 2.05. The summed E-state index contributed by atoms with van der Waals surface area (Å²) < 4.78 is 9.88. The maximum atomic E-state index is 11.1. The number of ether oxygens (including phenoxy) is 2. The van der Waals surface area contributed by atoms with Gasteiger partial charge in [0.15, 0.2) is 0 Å². The zero-order chi connectivity index (χ0) is 18.3. The largest absolute Gasteiger partial charge is 0.462 e. The fourth-order valence-corrected chi connectivity index (χ4v) is 1.52. The van der Waals surface area contributed by atoms with Gasteiger partial charge in [-0.25, -0.2) is 9.59 Å². The lowest BCUT2D eigenvalue weighted by molar-refractivity contribution is -0.143. The van der Waals surface area contributed by atoms with Crippen molar-refractivity contribution in [3.05, 3.63) is 24.3 Å². The molecule has 0 aromatic carbocycles. The minimum Gasteiger partial charge on any atom is -0.462 e. The highest BCUT2D eigenvalue weighted by atomic mass is 16.5. The zero-order valence-corrected chi connectivity index (χ0v) is 15.6. The molecule has 0 unspecified atom stereocenters. The molecule has 0 atom stereocenters. The van der Waals surface area contributed by atoms with E-state index < -0.39 is 0 Å². The van der Waals surface area contributed by atoms with Gasteiger partial charge in [-0.2, -0.15) is 0 Å². The molecule has 0 amide bonds. The summed E-state index contributed by atoms with van der Waals surface area (Å²) in [7, 11) is 0. The van der Waals surface area contributed by atoms with E-state index >= 15 is 0 Å². The van der Waals surface area contributed by atoms with Crippen LogP contribution < -0.4 is 0 Å². The van der Waals surface area contributed by atoms with Crippen LogP contribution in [0, 0.1) is 0 Å². The molecule has 0 N–H and O–H groups in total. The first-order chi connectivity index (χ1) is 10.8. The van der Waals surface area contributed by atoms with Crippen LogP contribution in [-0.2, 0) is 19.1 Å². The van der Waals surface area contributed by atoms with Crippen LogP contribution in [0.3, 0.4) is 0 Å². The molecule has 4 heteroatoms. The van der Waals surface area contributed by atoms with E-state index in [2.05, 4.69) is 20.1 Å². The Bertz CT molecular complexity index is 370. The van der Waals surface area contributed by atoms with Crippen molar-refractivity contribution >= 4 is 11.9 Å². The topological polar surface area (TPSA) is 52.6 Å². The first-order valence-electron chi connectivity index (χ1n) is 8.53. The minimum atomic E-state index is -0.262. The first-order valence-corrected chi connectivity index (χ1v) is 8.53. The molecule has 0 fully saturated rings. The Morgan fingerprint density at radius 3 is 1.74 bits per heavy atom. The highest BCUT2D eigenvalue weighted by Gasteiger charge is 2.08. The molecule has 0 aromatic heterocycles. The molecule has 0 aliphatic heterocycles. The monoisotopic (exact) mass is 326 g/mol. The Kier molecular flexibility index (Phi) is 15.8.